The smallest absolute Gasteiger partial charge is 0.228 e. The molecule has 0 radical (unpaired) electrons. The highest BCUT2D eigenvalue weighted by Gasteiger charge is 2.22. The fourth-order valence-corrected chi connectivity index (χ4v) is 2.92. The number of anilines is 1. The Hall–Kier alpha value is -1.84. The molecule has 0 spiro atoms. The molecule has 0 fully saturated rings. The summed E-state index contributed by atoms with van der Waals surface area (Å²) in [6.07, 6.45) is 0.388. The van der Waals surface area contributed by atoms with Gasteiger partial charge in [0.1, 0.15) is 0 Å². The fraction of sp³-hybridized carbons (Fsp3) is 0.235. The van der Waals surface area contributed by atoms with Crippen LogP contribution in [-0.4, -0.2) is 5.91 Å². The van der Waals surface area contributed by atoms with Crippen molar-refractivity contribution in [3.8, 4) is 0 Å². The van der Waals surface area contributed by atoms with Crippen LogP contribution >= 0.6 is 11.6 Å². The van der Waals surface area contributed by atoms with E-state index >= 15 is 0 Å². The number of carbonyl (C=O) groups excluding carboxylic acids is 1. The largest absolute Gasteiger partial charge is 0.325 e. The van der Waals surface area contributed by atoms with Crippen molar-refractivity contribution in [1.82, 2.24) is 0 Å². The Kier molecular flexibility index (Phi) is 3.47. The highest BCUT2D eigenvalue weighted by molar-refractivity contribution is 6.32. The molecule has 108 valence electrons. The number of nitrogens with one attached hydrogen (secondary N) is 1. The van der Waals surface area contributed by atoms with Gasteiger partial charge in [-0.05, 0) is 53.8 Å². The van der Waals surface area contributed by atoms with Crippen molar-refractivity contribution in [2.75, 3.05) is 5.32 Å². The van der Waals surface area contributed by atoms with Gasteiger partial charge in [0.2, 0.25) is 5.91 Å². The third kappa shape index (κ3) is 2.55. The first-order valence-corrected chi connectivity index (χ1v) is 7.28. The number of rotatable bonds is 2. The lowest BCUT2D eigenvalue weighted by Crippen LogP contribution is -2.13. The number of amides is 1. The summed E-state index contributed by atoms with van der Waals surface area (Å²) in [6, 6.07) is 9.62. The van der Waals surface area contributed by atoms with Gasteiger partial charge < -0.3 is 11.1 Å². The minimum Gasteiger partial charge on any atom is -0.325 e. The van der Waals surface area contributed by atoms with Crippen LogP contribution < -0.4 is 11.1 Å². The van der Waals surface area contributed by atoms with E-state index in [-0.39, 0.29) is 11.9 Å². The number of nitrogens with two attached hydrogens (primary N) is 1. The second kappa shape index (κ2) is 5.17. The van der Waals surface area contributed by atoms with Gasteiger partial charge in [0.25, 0.3) is 0 Å². The highest BCUT2D eigenvalue weighted by atomic mass is 35.5. The Morgan fingerprint density at radius 3 is 2.67 bits per heavy atom. The molecule has 3 rings (SSSR count). The molecule has 1 heterocycles. The molecule has 2 aromatic rings. The monoisotopic (exact) mass is 300 g/mol. The molecule has 0 aromatic heterocycles. The van der Waals surface area contributed by atoms with Crippen LogP contribution in [-0.2, 0) is 11.2 Å². The zero-order valence-electron chi connectivity index (χ0n) is 12.0. The van der Waals surface area contributed by atoms with Crippen molar-refractivity contribution in [1.29, 1.82) is 0 Å². The maximum absolute atomic E-state index is 11.5. The number of fused-ring (bicyclic) bond motifs is 1. The number of benzene rings is 2. The topological polar surface area (TPSA) is 55.1 Å². The summed E-state index contributed by atoms with van der Waals surface area (Å²) >= 11 is 6.34. The van der Waals surface area contributed by atoms with Crippen molar-refractivity contribution >= 4 is 23.2 Å². The van der Waals surface area contributed by atoms with Crippen molar-refractivity contribution in [2.24, 2.45) is 5.73 Å². The van der Waals surface area contributed by atoms with Crippen molar-refractivity contribution in [3.63, 3.8) is 0 Å². The number of carbonyl (C=O) groups is 1. The molecule has 21 heavy (non-hydrogen) atoms. The van der Waals surface area contributed by atoms with Gasteiger partial charge in [-0.2, -0.15) is 0 Å². The summed E-state index contributed by atoms with van der Waals surface area (Å²) in [5.74, 6) is -0.00188. The fourth-order valence-electron chi connectivity index (χ4n) is 2.64. The number of hydrogen-bond acceptors (Lipinski definition) is 2. The van der Waals surface area contributed by atoms with E-state index < -0.39 is 0 Å². The molecule has 1 aliphatic rings. The molecular weight excluding hydrogens is 284 g/mol. The molecule has 0 bridgehead atoms. The molecule has 3 N–H and O–H groups in total. The maximum atomic E-state index is 11.5. The van der Waals surface area contributed by atoms with Crippen LogP contribution in [0.15, 0.2) is 30.3 Å². The quantitative estimate of drug-likeness (QED) is 0.892. The third-order valence-electron chi connectivity index (χ3n) is 4.07. The Morgan fingerprint density at radius 2 is 1.95 bits per heavy atom. The molecule has 0 saturated heterocycles. The lowest BCUT2D eigenvalue weighted by Gasteiger charge is -2.17. The summed E-state index contributed by atoms with van der Waals surface area (Å²) in [6.45, 7) is 4.14. The lowest BCUT2D eigenvalue weighted by molar-refractivity contribution is -0.115. The number of aryl methyl sites for hydroxylation is 2. The van der Waals surface area contributed by atoms with Gasteiger partial charge in [-0.15, -0.1) is 0 Å². The van der Waals surface area contributed by atoms with E-state index in [2.05, 4.69) is 31.3 Å². The normalized spacial score (nSPS) is 14.8. The zero-order chi connectivity index (χ0) is 15.1. The van der Waals surface area contributed by atoms with Crippen LogP contribution in [0.4, 0.5) is 5.69 Å². The first-order chi connectivity index (χ1) is 9.95. The zero-order valence-corrected chi connectivity index (χ0v) is 12.8. The van der Waals surface area contributed by atoms with Crippen molar-refractivity contribution in [3.05, 3.63) is 63.2 Å². The van der Waals surface area contributed by atoms with E-state index in [1.54, 1.807) is 6.07 Å². The standard InChI is InChI=1S/C17H17ClN2O/c1-9-3-4-11(5-10(9)2)17(19)13-6-12-7-16(21)20-15(12)8-14(13)18/h3-6,8,17H,7,19H2,1-2H3,(H,20,21). The van der Waals surface area contributed by atoms with Gasteiger partial charge in [0.05, 0.1) is 12.5 Å². The molecular formula is C17H17ClN2O. The molecule has 1 unspecified atom stereocenters. The average Bonchev–Trinajstić information content (AvgIpc) is 2.79. The van der Waals surface area contributed by atoms with Crippen molar-refractivity contribution < 1.29 is 4.79 Å². The summed E-state index contributed by atoms with van der Waals surface area (Å²) in [5, 5.41) is 3.38. The van der Waals surface area contributed by atoms with Crippen molar-refractivity contribution in [2.45, 2.75) is 26.3 Å². The first kappa shape index (κ1) is 14.1. The second-order valence-corrected chi connectivity index (χ2v) is 5.98. The summed E-state index contributed by atoms with van der Waals surface area (Å²) in [5.41, 5.74) is 12.4. The third-order valence-corrected chi connectivity index (χ3v) is 4.40. The second-order valence-electron chi connectivity index (χ2n) is 5.58. The predicted molar refractivity (Wildman–Crippen MR) is 85.7 cm³/mol. The molecule has 2 aromatic carbocycles. The SMILES string of the molecule is Cc1ccc(C(N)c2cc3c(cc2Cl)NC(=O)C3)cc1C. The van der Waals surface area contributed by atoms with Crippen LogP contribution in [0.1, 0.15) is 33.9 Å². The van der Waals surface area contributed by atoms with E-state index in [1.807, 2.05) is 12.1 Å². The van der Waals surface area contributed by atoms with Crippen LogP contribution in [0.5, 0.6) is 0 Å². The molecule has 4 heteroatoms. The summed E-state index contributed by atoms with van der Waals surface area (Å²) in [4.78, 5) is 11.5. The summed E-state index contributed by atoms with van der Waals surface area (Å²) < 4.78 is 0. The number of hydrogen-bond donors (Lipinski definition) is 2. The minimum atomic E-state index is -0.294. The van der Waals surface area contributed by atoms with Crippen LogP contribution in [0.25, 0.3) is 0 Å². The van der Waals surface area contributed by atoms with E-state index in [9.17, 15) is 4.79 Å². The average molecular weight is 301 g/mol. The Labute approximate surface area is 129 Å². The van der Waals surface area contributed by atoms with E-state index in [4.69, 9.17) is 17.3 Å². The maximum Gasteiger partial charge on any atom is 0.228 e. The molecule has 1 amide bonds. The van der Waals surface area contributed by atoms with Gasteiger partial charge in [-0.3, -0.25) is 4.79 Å². The Bertz CT molecular complexity index is 740. The molecule has 0 saturated carbocycles. The molecule has 3 nitrogen and oxygen atoms in total. The Morgan fingerprint density at radius 1 is 1.19 bits per heavy atom. The van der Waals surface area contributed by atoms with Gasteiger partial charge >= 0.3 is 0 Å². The Balaban J connectivity index is 2.02. The van der Waals surface area contributed by atoms with E-state index in [1.165, 1.54) is 11.1 Å². The lowest BCUT2D eigenvalue weighted by atomic mass is 9.94. The molecule has 1 aliphatic heterocycles. The van der Waals surface area contributed by atoms with Gasteiger partial charge in [0, 0.05) is 10.7 Å². The van der Waals surface area contributed by atoms with Gasteiger partial charge in [-0.25, -0.2) is 0 Å². The summed E-state index contributed by atoms with van der Waals surface area (Å²) in [7, 11) is 0. The molecule has 1 atom stereocenters. The van der Waals surface area contributed by atoms with E-state index in [0.717, 1.165) is 22.4 Å². The van der Waals surface area contributed by atoms with Crippen LogP contribution in [0.3, 0.4) is 0 Å². The molecule has 0 aliphatic carbocycles. The number of halogens is 1. The first-order valence-electron chi connectivity index (χ1n) is 6.90. The highest BCUT2D eigenvalue weighted by Crippen LogP contribution is 2.34. The van der Waals surface area contributed by atoms with Gasteiger partial charge in [0.15, 0.2) is 0 Å². The predicted octanol–water partition coefficient (Wildman–Crippen LogP) is 3.50. The van der Waals surface area contributed by atoms with Crippen LogP contribution in [0, 0.1) is 13.8 Å². The van der Waals surface area contributed by atoms with Gasteiger partial charge in [-0.1, -0.05) is 29.8 Å². The van der Waals surface area contributed by atoms with E-state index in [0.29, 0.717) is 11.4 Å². The van der Waals surface area contributed by atoms with Crippen LogP contribution in [0.2, 0.25) is 5.02 Å². The minimum absolute atomic E-state index is 0.00188.